The third kappa shape index (κ3) is 4.78. The zero-order chi connectivity index (χ0) is 19.8. The summed E-state index contributed by atoms with van der Waals surface area (Å²) >= 11 is 23.9. The molecule has 0 aliphatic carbocycles. The summed E-state index contributed by atoms with van der Waals surface area (Å²) in [4.78, 5) is 2.73. The summed E-state index contributed by atoms with van der Waals surface area (Å²) in [5.41, 5.74) is 0.691. The largest absolute Gasteiger partial charge is 0.368 e. The Kier molecular flexibility index (Phi) is 6.39. The Labute approximate surface area is 180 Å². The maximum atomic E-state index is 12.5. The number of benzene rings is 2. The number of aliphatic hydroxyl groups is 1. The van der Waals surface area contributed by atoms with Crippen LogP contribution in [0.25, 0.3) is 6.08 Å². The molecule has 2 aromatic carbocycles. The molecule has 1 saturated heterocycles. The maximum absolute atomic E-state index is 12.5. The molecule has 2 N–H and O–H groups in total. The standard InChI is InChI=1S/C16H11Cl3N2O3S3/c17-10-2-4-11(5-3-10)27(23,24)20-21-15(22)14(26-16(21)25)8-9-1-6-12(18)13(19)7-9/h1-8,15,20,22H/b14-8-. The van der Waals surface area contributed by atoms with Crippen LogP contribution in [0.15, 0.2) is 52.3 Å². The first kappa shape index (κ1) is 20.9. The first-order valence-corrected chi connectivity index (χ1v) is 11.2. The molecule has 0 spiro atoms. The van der Waals surface area contributed by atoms with Gasteiger partial charge in [-0.15, -0.1) is 4.83 Å². The van der Waals surface area contributed by atoms with Crippen molar-refractivity contribution in [1.29, 1.82) is 0 Å². The minimum atomic E-state index is -3.94. The number of aliphatic hydroxyl groups excluding tert-OH is 1. The molecule has 0 bridgehead atoms. The fraction of sp³-hybridized carbons (Fsp3) is 0.0625. The Morgan fingerprint density at radius 1 is 1.11 bits per heavy atom. The van der Waals surface area contributed by atoms with E-state index in [1.54, 1.807) is 24.3 Å². The number of thiocarbonyl (C=S) groups is 1. The van der Waals surface area contributed by atoms with Crippen molar-refractivity contribution in [3.8, 4) is 0 Å². The monoisotopic (exact) mass is 480 g/mol. The first-order chi connectivity index (χ1) is 12.7. The molecule has 0 aromatic heterocycles. The number of nitrogens with one attached hydrogen (secondary N) is 1. The van der Waals surface area contributed by atoms with Crippen molar-refractivity contribution in [2.45, 2.75) is 11.1 Å². The van der Waals surface area contributed by atoms with Gasteiger partial charge in [0, 0.05) is 9.93 Å². The molecule has 1 aliphatic rings. The van der Waals surface area contributed by atoms with Gasteiger partial charge in [-0.1, -0.05) is 64.8 Å². The molecule has 0 saturated carbocycles. The summed E-state index contributed by atoms with van der Waals surface area (Å²) in [6, 6.07) is 10.6. The van der Waals surface area contributed by atoms with Gasteiger partial charge in [-0.05, 0) is 48.0 Å². The van der Waals surface area contributed by atoms with Gasteiger partial charge in [0.05, 0.1) is 14.9 Å². The number of rotatable bonds is 4. The number of thioether (sulfide) groups is 1. The van der Waals surface area contributed by atoms with Crippen LogP contribution in [0.3, 0.4) is 0 Å². The maximum Gasteiger partial charge on any atom is 0.257 e. The summed E-state index contributed by atoms with van der Waals surface area (Å²) in [5.74, 6) is 0. The number of hydrogen-bond donors (Lipinski definition) is 2. The van der Waals surface area contributed by atoms with E-state index < -0.39 is 16.3 Å². The van der Waals surface area contributed by atoms with Crippen molar-refractivity contribution in [3.63, 3.8) is 0 Å². The predicted molar refractivity (Wildman–Crippen MR) is 114 cm³/mol. The Balaban J connectivity index is 1.83. The van der Waals surface area contributed by atoms with Crippen molar-refractivity contribution in [1.82, 2.24) is 9.84 Å². The fourth-order valence-corrected chi connectivity index (χ4v) is 5.07. The lowest BCUT2D eigenvalue weighted by Crippen LogP contribution is -2.46. The molecular weight excluding hydrogens is 471 g/mol. The van der Waals surface area contributed by atoms with E-state index in [0.29, 0.717) is 25.5 Å². The second-order valence-electron chi connectivity index (χ2n) is 5.38. The molecule has 1 fully saturated rings. The number of halogens is 3. The number of sulfonamides is 1. The Hall–Kier alpha value is -0.840. The van der Waals surface area contributed by atoms with Crippen molar-refractivity contribution in [2.24, 2.45) is 0 Å². The van der Waals surface area contributed by atoms with Gasteiger partial charge in [0.1, 0.15) is 0 Å². The van der Waals surface area contributed by atoms with Gasteiger partial charge < -0.3 is 5.11 Å². The molecule has 27 heavy (non-hydrogen) atoms. The highest BCUT2D eigenvalue weighted by Gasteiger charge is 2.35. The summed E-state index contributed by atoms with van der Waals surface area (Å²) in [6.07, 6.45) is 0.375. The van der Waals surface area contributed by atoms with Gasteiger partial charge in [-0.2, -0.15) is 0 Å². The van der Waals surface area contributed by atoms with Gasteiger partial charge in [-0.3, -0.25) is 0 Å². The molecule has 1 atom stereocenters. The summed E-state index contributed by atoms with van der Waals surface area (Å²) in [6.45, 7) is 0. The first-order valence-electron chi connectivity index (χ1n) is 7.31. The minimum absolute atomic E-state index is 0.00573. The van der Waals surface area contributed by atoms with Crippen LogP contribution in [0.2, 0.25) is 15.1 Å². The zero-order valence-corrected chi connectivity index (χ0v) is 18.0. The average molecular weight is 482 g/mol. The van der Waals surface area contributed by atoms with Gasteiger partial charge in [0.2, 0.25) is 0 Å². The van der Waals surface area contributed by atoms with Gasteiger partial charge in [0.25, 0.3) is 10.0 Å². The SMILES string of the molecule is O=S(=O)(NN1C(=S)S/C(=C\c2ccc(Cl)c(Cl)c2)C1O)c1ccc(Cl)cc1. The predicted octanol–water partition coefficient (Wildman–Crippen LogP) is 4.53. The molecule has 2 aromatic rings. The van der Waals surface area contributed by atoms with E-state index in [0.717, 1.165) is 16.8 Å². The van der Waals surface area contributed by atoms with Gasteiger partial charge in [-0.25, -0.2) is 13.4 Å². The summed E-state index contributed by atoms with van der Waals surface area (Å²) in [5, 5.41) is 12.7. The summed E-state index contributed by atoms with van der Waals surface area (Å²) < 4.78 is 25.2. The third-order valence-corrected chi connectivity index (χ3v) is 7.20. The van der Waals surface area contributed by atoms with E-state index in [2.05, 4.69) is 4.83 Å². The molecule has 5 nitrogen and oxygen atoms in total. The van der Waals surface area contributed by atoms with E-state index in [9.17, 15) is 13.5 Å². The van der Waals surface area contributed by atoms with Gasteiger partial charge >= 0.3 is 0 Å². The van der Waals surface area contributed by atoms with Crippen LogP contribution in [-0.4, -0.2) is 29.1 Å². The Morgan fingerprint density at radius 3 is 2.41 bits per heavy atom. The van der Waals surface area contributed by atoms with E-state index in [1.807, 2.05) is 0 Å². The molecule has 1 heterocycles. The van der Waals surface area contributed by atoms with Crippen molar-refractivity contribution < 1.29 is 13.5 Å². The van der Waals surface area contributed by atoms with E-state index in [4.69, 9.17) is 47.0 Å². The lowest BCUT2D eigenvalue weighted by atomic mass is 10.2. The third-order valence-electron chi connectivity index (χ3n) is 3.50. The van der Waals surface area contributed by atoms with Crippen LogP contribution in [0, 0.1) is 0 Å². The number of nitrogens with zero attached hydrogens (tertiary/aromatic N) is 1. The lowest BCUT2D eigenvalue weighted by Gasteiger charge is -2.22. The quantitative estimate of drug-likeness (QED) is 0.625. The fourth-order valence-electron chi connectivity index (χ4n) is 2.18. The van der Waals surface area contributed by atoms with Gasteiger partial charge in [0.15, 0.2) is 10.5 Å². The van der Waals surface area contributed by atoms with E-state index in [1.165, 1.54) is 24.3 Å². The van der Waals surface area contributed by atoms with Crippen molar-refractivity contribution in [3.05, 3.63) is 68.0 Å². The van der Waals surface area contributed by atoms with Crippen LogP contribution < -0.4 is 4.83 Å². The van der Waals surface area contributed by atoms with Crippen LogP contribution in [0.4, 0.5) is 0 Å². The van der Waals surface area contributed by atoms with Crippen LogP contribution in [0.5, 0.6) is 0 Å². The molecule has 1 aliphatic heterocycles. The summed E-state index contributed by atoms with van der Waals surface area (Å²) in [7, 11) is -3.94. The Morgan fingerprint density at radius 2 is 1.78 bits per heavy atom. The molecule has 0 radical (unpaired) electrons. The van der Waals surface area contributed by atoms with Crippen LogP contribution in [0.1, 0.15) is 5.56 Å². The normalized spacial score (nSPS) is 19.1. The lowest BCUT2D eigenvalue weighted by molar-refractivity contribution is 0.0880. The molecule has 142 valence electrons. The highest BCUT2D eigenvalue weighted by atomic mass is 35.5. The smallest absolute Gasteiger partial charge is 0.257 e. The molecule has 11 heteroatoms. The minimum Gasteiger partial charge on any atom is -0.368 e. The van der Waals surface area contributed by atoms with Crippen molar-refractivity contribution in [2.75, 3.05) is 0 Å². The number of hydrogen-bond acceptors (Lipinski definition) is 5. The zero-order valence-electron chi connectivity index (χ0n) is 13.3. The van der Waals surface area contributed by atoms with Crippen LogP contribution >= 0.6 is 58.8 Å². The molecule has 0 amide bonds. The second-order valence-corrected chi connectivity index (χ2v) is 10.00. The van der Waals surface area contributed by atoms with Crippen LogP contribution in [-0.2, 0) is 10.0 Å². The second kappa shape index (κ2) is 8.26. The Bertz CT molecular complexity index is 1030. The topological polar surface area (TPSA) is 69.6 Å². The molecular formula is C16H11Cl3N2O3S3. The average Bonchev–Trinajstić information content (AvgIpc) is 2.86. The highest BCUT2D eigenvalue weighted by Crippen LogP contribution is 2.35. The molecule has 3 rings (SSSR count). The van der Waals surface area contributed by atoms with E-state index >= 15 is 0 Å². The highest BCUT2D eigenvalue weighted by molar-refractivity contribution is 8.26. The van der Waals surface area contributed by atoms with Crippen molar-refractivity contribution >= 4 is 79.2 Å². The van der Waals surface area contributed by atoms with E-state index in [-0.39, 0.29) is 9.22 Å². The number of hydrazine groups is 1. The molecule has 1 unspecified atom stereocenters.